The first-order valence-electron chi connectivity index (χ1n) is 7.50. The van der Waals surface area contributed by atoms with Crippen LogP contribution in [0.5, 0.6) is 5.75 Å². The number of rotatable bonds is 5. The van der Waals surface area contributed by atoms with Crippen LogP contribution in [-0.4, -0.2) is 24.6 Å². The van der Waals surface area contributed by atoms with Gasteiger partial charge in [0.2, 0.25) is 0 Å². The Morgan fingerprint density at radius 2 is 2.10 bits per heavy atom. The molecular formula is C17H22N2OS. The van der Waals surface area contributed by atoms with Gasteiger partial charge in [0.1, 0.15) is 12.4 Å². The number of thiophene rings is 1. The van der Waals surface area contributed by atoms with Gasteiger partial charge in [0.15, 0.2) is 0 Å². The van der Waals surface area contributed by atoms with Crippen LogP contribution in [0.2, 0.25) is 0 Å². The van der Waals surface area contributed by atoms with Crippen LogP contribution >= 0.6 is 11.3 Å². The fourth-order valence-electron chi connectivity index (χ4n) is 2.87. The fraction of sp³-hybridized carbons (Fsp3) is 0.412. The highest BCUT2D eigenvalue weighted by atomic mass is 32.1. The highest BCUT2D eigenvalue weighted by Crippen LogP contribution is 2.32. The summed E-state index contributed by atoms with van der Waals surface area (Å²) in [6.45, 7) is 5.69. The van der Waals surface area contributed by atoms with E-state index in [1.807, 2.05) is 35.6 Å². The summed E-state index contributed by atoms with van der Waals surface area (Å²) < 4.78 is 5.85. The number of fused-ring (bicyclic) bond motifs is 1. The van der Waals surface area contributed by atoms with Gasteiger partial charge in [-0.25, -0.2) is 0 Å². The topological polar surface area (TPSA) is 38.5 Å². The third-order valence-electron chi connectivity index (χ3n) is 4.21. The first-order valence-corrected chi connectivity index (χ1v) is 8.38. The first kappa shape index (κ1) is 14.6. The summed E-state index contributed by atoms with van der Waals surface area (Å²) in [6.07, 6.45) is 1.17. The lowest BCUT2D eigenvalue weighted by atomic mass is 10.0. The normalized spacial score (nSPS) is 18.5. The summed E-state index contributed by atoms with van der Waals surface area (Å²) in [4.78, 5) is 4.06. The average Bonchev–Trinajstić information content (AvgIpc) is 3.00. The van der Waals surface area contributed by atoms with E-state index in [2.05, 4.69) is 23.3 Å². The van der Waals surface area contributed by atoms with E-state index in [-0.39, 0.29) is 0 Å². The van der Waals surface area contributed by atoms with Gasteiger partial charge in [-0.05, 0) is 48.1 Å². The van der Waals surface area contributed by atoms with Crippen molar-refractivity contribution in [2.45, 2.75) is 25.9 Å². The van der Waals surface area contributed by atoms with Crippen molar-refractivity contribution in [2.24, 2.45) is 5.73 Å². The van der Waals surface area contributed by atoms with Crippen LogP contribution in [0, 0.1) is 0 Å². The van der Waals surface area contributed by atoms with E-state index in [4.69, 9.17) is 10.5 Å². The third-order valence-corrected chi connectivity index (χ3v) is 5.21. The van der Waals surface area contributed by atoms with Crippen LogP contribution in [0.3, 0.4) is 0 Å². The van der Waals surface area contributed by atoms with Crippen LogP contribution in [0.25, 0.3) is 0 Å². The summed E-state index contributed by atoms with van der Waals surface area (Å²) in [7, 11) is 0. The lowest BCUT2D eigenvalue weighted by Gasteiger charge is -2.33. The zero-order chi connectivity index (χ0) is 14.7. The largest absolute Gasteiger partial charge is 0.492 e. The number of benzene rings is 1. The standard InChI is InChI=1S/C17H22N2OS/c1-13-16-7-11-21-17(16)6-8-19(13)9-10-20-15-4-2-14(12-18)3-5-15/h2-5,7,11,13H,6,8-10,12,18H2,1H3. The van der Waals surface area contributed by atoms with Crippen molar-refractivity contribution < 1.29 is 4.74 Å². The second kappa shape index (κ2) is 6.60. The third kappa shape index (κ3) is 3.28. The Morgan fingerprint density at radius 1 is 1.29 bits per heavy atom. The molecule has 2 aromatic rings. The fourth-order valence-corrected chi connectivity index (χ4v) is 3.83. The maximum atomic E-state index is 5.85. The molecule has 1 aromatic heterocycles. The van der Waals surface area contributed by atoms with Crippen LogP contribution in [0.4, 0.5) is 0 Å². The number of nitrogens with zero attached hydrogens (tertiary/aromatic N) is 1. The molecule has 2 N–H and O–H groups in total. The minimum atomic E-state index is 0.503. The Hall–Kier alpha value is -1.36. The van der Waals surface area contributed by atoms with E-state index < -0.39 is 0 Å². The zero-order valence-electron chi connectivity index (χ0n) is 12.4. The van der Waals surface area contributed by atoms with Crippen molar-refractivity contribution in [2.75, 3.05) is 19.7 Å². The maximum absolute atomic E-state index is 5.85. The van der Waals surface area contributed by atoms with Gasteiger partial charge < -0.3 is 10.5 Å². The van der Waals surface area contributed by atoms with E-state index in [0.29, 0.717) is 12.6 Å². The molecule has 0 saturated heterocycles. The summed E-state index contributed by atoms with van der Waals surface area (Å²) in [5.74, 6) is 0.924. The zero-order valence-corrected chi connectivity index (χ0v) is 13.2. The Bertz CT molecular complexity index is 579. The molecule has 1 aromatic carbocycles. The molecule has 21 heavy (non-hydrogen) atoms. The van der Waals surface area contributed by atoms with Crippen molar-refractivity contribution in [3.8, 4) is 5.75 Å². The quantitative estimate of drug-likeness (QED) is 0.922. The first-order chi connectivity index (χ1) is 10.3. The smallest absolute Gasteiger partial charge is 0.119 e. The van der Waals surface area contributed by atoms with E-state index >= 15 is 0 Å². The second-order valence-corrected chi connectivity index (χ2v) is 6.46. The molecule has 0 saturated carbocycles. The summed E-state index contributed by atoms with van der Waals surface area (Å²) in [6, 6.07) is 10.8. The van der Waals surface area contributed by atoms with Crippen molar-refractivity contribution in [3.05, 3.63) is 51.7 Å². The van der Waals surface area contributed by atoms with Crippen molar-refractivity contribution in [1.29, 1.82) is 0 Å². The van der Waals surface area contributed by atoms with Gasteiger partial charge in [0, 0.05) is 30.6 Å². The van der Waals surface area contributed by atoms with Gasteiger partial charge in [-0.2, -0.15) is 0 Å². The molecule has 0 fully saturated rings. The van der Waals surface area contributed by atoms with Gasteiger partial charge in [0.05, 0.1) is 0 Å². The van der Waals surface area contributed by atoms with Gasteiger partial charge in [-0.15, -0.1) is 11.3 Å². The van der Waals surface area contributed by atoms with Gasteiger partial charge in [-0.1, -0.05) is 12.1 Å². The SMILES string of the molecule is CC1c2ccsc2CCN1CCOc1ccc(CN)cc1. The minimum absolute atomic E-state index is 0.503. The maximum Gasteiger partial charge on any atom is 0.119 e. The second-order valence-electron chi connectivity index (χ2n) is 5.46. The Balaban J connectivity index is 1.51. The highest BCUT2D eigenvalue weighted by Gasteiger charge is 2.24. The lowest BCUT2D eigenvalue weighted by molar-refractivity contribution is 0.161. The van der Waals surface area contributed by atoms with Crippen molar-refractivity contribution in [1.82, 2.24) is 4.90 Å². The molecule has 1 atom stereocenters. The molecule has 1 unspecified atom stereocenters. The van der Waals surface area contributed by atoms with Gasteiger partial charge in [0.25, 0.3) is 0 Å². The predicted molar refractivity (Wildman–Crippen MR) is 87.8 cm³/mol. The molecule has 4 heteroatoms. The molecule has 3 rings (SSSR count). The molecule has 0 radical (unpaired) electrons. The molecule has 0 spiro atoms. The van der Waals surface area contributed by atoms with Crippen LogP contribution in [0.1, 0.15) is 29.0 Å². The molecule has 1 aliphatic rings. The van der Waals surface area contributed by atoms with E-state index in [1.54, 1.807) is 4.88 Å². The molecule has 0 bridgehead atoms. The molecular weight excluding hydrogens is 280 g/mol. The summed E-state index contributed by atoms with van der Waals surface area (Å²) in [5, 5.41) is 2.21. The van der Waals surface area contributed by atoms with Crippen LogP contribution in [0.15, 0.2) is 35.7 Å². The molecule has 0 aliphatic carbocycles. The minimum Gasteiger partial charge on any atom is -0.492 e. The number of ether oxygens (including phenoxy) is 1. The number of nitrogens with two attached hydrogens (primary N) is 1. The van der Waals surface area contributed by atoms with E-state index in [0.717, 1.165) is 31.0 Å². The lowest BCUT2D eigenvalue weighted by Crippen LogP contribution is -2.36. The van der Waals surface area contributed by atoms with Crippen LogP contribution in [-0.2, 0) is 13.0 Å². The van der Waals surface area contributed by atoms with E-state index in [1.165, 1.54) is 12.0 Å². The summed E-state index contributed by atoms with van der Waals surface area (Å²) >= 11 is 1.89. The highest BCUT2D eigenvalue weighted by molar-refractivity contribution is 7.10. The summed E-state index contributed by atoms with van der Waals surface area (Å²) in [5.41, 5.74) is 8.23. The Labute approximate surface area is 130 Å². The number of hydrogen-bond acceptors (Lipinski definition) is 4. The molecule has 0 amide bonds. The van der Waals surface area contributed by atoms with Gasteiger partial charge >= 0.3 is 0 Å². The molecule has 2 heterocycles. The van der Waals surface area contributed by atoms with Crippen molar-refractivity contribution in [3.63, 3.8) is 0 Å². The Kier molecular flexibility index (Phi) is 4.58. The van der Waals surface area contributed by atoms with E-state index in [9.17, 15) is 0 Å². The predicted octanol–water partition coefficient (Wildman–Crippen LogP) is 3.20. The molecule has 3 nitrogen and oxygen atoms in total. The van der Waals surface area contributed by atoms with Crippen LogP contribution < -0.4 is 10.5 Å². The van der Waals surface area contributed by atoms with Crippen molar-refractivity contribution >= 4 is 11.3 Å². The monoisotopic (exact) mass is 302 g/mol. The molecule has 112 valence electrons. The Morgan fingerprint density at radius 3 is 2.86 bits per heavy atom. The number of hydrogen-bond donors (Lipinski definition) is 1. The van der Waals surface area contributed by atoms with Gasteiger partial charge in [-0.3, -0.25) is 4.90 Å². The average molecular weight is 302 g/mol. The molecule has 1 aliphatic heterocycles.